The third-order valence-electron chi connectivity index (χ3n) is 4.59. The first kappa shape index (κ1) is 21.6. The van der Waals surface area contributed by atoms with E-state index in [-0.39, 0.29) is 11.3 Å². The molecule has 0 spiro atoms. The average Bonchev–Trinajstić information content (AvgIpc) is 2.67. The highest BCUT2D eigenvalue weighted by Crippen LogP contribution is 2.29. The molecule has 0 aromatic heterocycles. The number of rotatable bonds is 9. The summed E-state index contributed by atoms with van der Waals surface area (Å²) < 4.78 is 10.6. The van der Waals surface area contributed by atoms with Gasteiger partial charge in [-0.1, -0.05) is 45.0 Å². The van der Waals surface area contributed by atoms with Gasteiger partial charge >= 0.3 is 0 Å². The molecule has 2 rings (SSSR count). The molecular weight excluding hydrogens is 352 g/mol. The minimum atomic E-state index is 0.0428. The summed E-state index contributed by atoms with van der Waals surface area (Å²) in [5.41, 5.74) is 3.50. The quantitative estimate of drug-likeness (QED) is 0.681. The van der Waals surface area contributed by atoms with Crippen LogP contribution in [0.5, 0.6) is 11.5 Å². The highest BCUT2D eigenvalue weighted by atomic mass is 16.5. The molecule has 0 unspecified atom stereocenters. The lowest BCUT2D eigenvalue weighted by Gasteiger charge is -2.23. The molecule has 0 saturated carbocycles. The molecule has 0 heterocycles. The normalized spacial score (nSPS) is 11.0. The first-order chi connectivity index (χ1) is 13.3. The topological polar surface area (TPSA) is 59.6 Å². The number of carbonyl (C=O) groups excluding carboxylic acids is 1. The summed E-state index contributed by atoms with van der Waals surface area (Å²) in [6.07, 6.45) is 1.18. The van der Waals surface area contributed by atoms with Gasteiger partial charge in [0, 0.05) is 25.2 Å². The fraction of sp³-hybridized carbons (Fsp3) is 0.435. The van der Waals surface area contributed by atoms with Crippen molar-refractivity contribution >= 4 is 11.6 Å². The summed E-state index contributed by atoms with van der Waals surface area (Å²) in [5.74, 6) is 1.45. The van der Waals surface area contributed by atoms with Gasteiger partial charge in [-0.05, 0) is 41.2 Å². The van der Waals surface area contributed by atoms with E-state index in [9.17, 15) is 4.79 Å². The molecule has 0 saturated heterocycles. The Bertz CT molecular complexity index is 782. The van der Waals surface area contributed by atoms with Crippen LogP contribution in [0.4, 0.5) is 5.69 Å². The van der Waals surface area contributed by atoms with Crippen LogP contribution in [0, 0.1) is 0 Å². The predicted molar refractivity (Wildman–Crippen MR) is 115 cm³/mol. The largest absolute Gasteiger partial charge is 0.493 e. The molecule has 28 heavy (non-hydrogen) atoms. The molecule has 0 aliphatic rings. The Balaban J connectivity index is 1.77. The Labute approximate surface area is 168 Å². The molecule has 2 aromatic carbocycles. The van der Waals surface area contributed by atoms with Gasteiger partial charge in [0.05, 0.1) is 14.2 Å². The first-order valence-corrected chi connectivity index (χ1v) is 9.66. The van der Waals surface area contributed by atoms with Crippen molar-refractivity contribution in [1.29, 1.82) is 0 Å². The molecule has 0 atom stereocenters. The molecule has 0 radical (unpaired) electrons. The van der Waals surface area contributed by atoms with E-state index in [1.165, 1.54) is 5.56 Å². The zero-order chi connectivity index (χ0) is 20.6. The summed E-state index contributed by atoms with van der Waals surface area (Å²) in [7, 11) is 3.24. The summed E-state index contributed by atoms with van der Waals surface area (Å²) in [5, 5.41) is 6.37. The van der Waals surface area contributed by atoms with E-state index in [2.05, 4.69) is 43.5 Å². The monoisotopic (exact) mass is 384 g/mol. The second-order valence-corrected chi connectivity index (χ2v) is 7.76. The lowest BCUT2D eigenvalue weighted by atomic mass is 9.86. The first-order valence-electron chi connectivity index (χ1n) is 9.66. The number of hydrogen-bond donors (Lipinski definition) is 2. The van der Waals surface area contributed by atoms with Crippen molar-refractivity contribution in [3.8, 4) is 11.5 Å². The summed E-state index contributed by atoms with van der Waals surface area (Å²) in [4.78, 5) is 12.1. The minimum Gasteiger partial charge on any atom is -0.493 e. The van der Waals surface area contributed by atoms with E-state index in [1.54, 1.807) is 14.2 Å². The van der Waals surface area contributed by atoms with Gasteiger partial charge < -0.3 is 20.1 Å². The van der Waals surface area contributed by atoms with Gasteiger partial charge in [0.1, 0.15) is 0 Å². The standard InChI is InChI=1S/C23H32N2O3/c1-23(2,3)18-8-6-7-9-19(18)24-15-13-22(26)25-14-12-17-10-11-20(27-4)21(16-17)28-5/h6-11,16,24H,12-15H2,1-5H3,(H,25,26). The van der Waals surface area contributed by atoms with Crippen LogP contribution in [-0.2, 0) is 16.6 Å². The van der Waals surface area contributed by atoms with Gasteiger partial charge in [-0.3, -0.25) is 4.79 Å². The van der Waals surface area contributed by atoms with Crippen LogP contribution in [0.2, 0.25) is 0 Å². The van der Waals surface area contributed by atoms with Gasteiger partial charge in [-0.25, -0.2) is 0 Å². The zero-order valence-electron chi connectivity index (χ0n) is 17.6. The van der Waals surface area contributed by atoms with E-state index < -0.39 is 0 Å². The van der Waals surface area contributed by atoms with Crippen molar-refractivity contribution in [3.05, 3.63) is 53.6 Å². The molecule has 2 N–H and O–H groups in total. The smallest absolute Gasteiger partial charge is 0.221 e. The number of nitrogens with one attached hydrogen (secondary N) is 2. The molecule has 0 aliphatic heterocycles. The molecule has 152 valence electrons. The summed E-state index contributed by atoms with van der Waals surface area (Å²) in [6, 6.07) is 14.1. The molecule has 5 heteroatoms. The van der Waals surface area contributed by atoms with Gasteiger partial charge in [-0.2, -0.15) is 0 Å². The van der Waals surface area contributed by atoms with Crippen LogP contribution in [0.3, 0.4) is 0 Å². The molecule has 0 aliphatic carbocycles. The Morgan fingerprint density at radius 1 is 0.964 bits per heavy atom. The number of para-hydroxylation sites is 1. The van der Waals surface area contributed by atoms with Gasteiger partial charge in [-0.15, -0.1) is 0 Å². The third kappa shape index (κ3) is 6.19. The average molecular weight is 385 g/mol. The zero-order valence-corrected chi connectivity index (χ0v) is 17.6. The van der Waals surface area contributed by atoms with Crippen LogP contribution in [0.25, 0.3) is 0 Å². The fourth-order valence-corrected chi connectivity index (χ4v) is 3.07. The number of anilines is 1. The second kappa shape index (κ2) is 10.0. The Kier molecular flexibility index (Phi) is 7.73. The lowest BCUT2D eigenvalue weighted by molar-refractivity contribution is -0.120. The van der Waals surface area contributed by atoms with Gasteiger partial charge in [0.15, 0.2) is 11.5 Å². The molecule has 5 nitrogen and oxygen atoms in total. The molecule has 1 amide bonds. The van der Waals surface area contributed by atoms with E-state index in [0.29, 0.717) is 31.0 Å². The van der Waals surface area contributed by atoms with E-state index >= 15 is 0 Å². The third-order valence-corrected chi connectivity index (χ3v) is 4.59. The summed E-state index contributed by atoms with van der Waals surface area (Å²) in [6.45, 7) is 7.76. The van der Waals surface area contributed by atoms with Crippen LogP contribution < -0.4 is 20.1 Å². The number of ether oxygens (including phenoxy) is 2. The Morgan fingerprint density at radius 2 is 1.68 bits per heavy atom. The van der Waals surface area contributed by atoms with Crippen molar-refractivity contribution in [2.75, 3.05) is 32.6 Å². The SMILES string of the molecule is COc1ccc(CCNC(=O)CCNc2ccccc2C(C)(C)C)cc1OC. The molecule has 0 bridgehead atoms. The van der Waals surface area contributed by atoms with Crippen molar-refractivity contribution in [2.24, 2.45) is 0 Å². The number of carbonyl (C=O) groups is 1. The van der Waals surface area contributed by atoms with E-state index in [0.717, 1.165) is 17.7 Å². The van der Waals surface area contributed by atoms with Crippen LogP contribution >= 0.6 is 0 Å². The van der Waals surface area contributed by atoms with Crippen molar-refractivity contribution in [2.45, 2.75) is 39.0 Å². The second-order valence-electron chi connectivity index (χ2n) is 7.76. The van der Waals surface area contributed by atoms with Crippen molar-refractivity contribution < 1.29 is 14.3 Å². The summed E-state index contributed by atoms with van der Waals surface area (Å²) >= 11 is 0. The molecular formula is C23H32N2O3. The van der Waals surface area contributed by atoms with E-state index in [4.69, 9.17) is 9.47 Å². The Morgan fingerprint density at radius 3 is 2.36 bits per heavy atom. The molecule has 2 aromatic rings. The highest BCUT2D eigenvalue weighted by Gasteiger charge is 2.17. The maximum Gasteiger partial charge on any atom is 0.221 e. The lowest BCUT2D eigenvalue weighted by Crippen LogP contribution is -2.27. The number of hydrogen-bond acceptors (Lipinski definition) is 4. The van der Waals surface area contributed by atoms with Crippen molar-refractivity contribution in [3.63, 3.8) is 0 Å². The number of benzene rings is 2. The van der Waals surface area contributed by atoms with Gasteiger partial charge in [0.2, 0.25) is 5.91 Å². The van der Waals surface area contributed by atoms with E-state index in [1.807, 2.05) is 30.3 Å². The van der Waals surface area contributed by atoms with Crippen LogP contribution in [0.15, 0.2) is 42.5 Å². The highest BCUT2D eigenvalue weighted by molar-refractivity contribution is 5.76. The van der Waals surface area contributed by atoms with Crippen LogP contribution in [-0.4, -0.2) is 33.2 Å². The minimum absolute atomic E-state index is 0.0428. The predicted octanol–water partition coefficient (Wildman–Crippen LogP) is 4.16. The fourth-order valence-electron chi connectivity index (χ4n) is 3.07. The maximum absolute atomic E-state index is 12.1. The Hall–Kier alpha value is -2.69. The van der Waals surface area contributed by atoms with Crippen LogP contribution in [0.1, 0.15) is 38.3 Å². The number of amides is 1. The molecule has 0 fully saturated rings. The number of methoxy groups -OCH3 is 2. The van der Waals surface area contributed by atoms with Gasteiger partial charge in [0.25, 0.3) is 0 Å². The maximum atomic E-state index is 12.1. The van der Waals surface area contributed by atoms with Crippen molar-refractivity contribution in [1.82, 2.24) is 5.32 Å².